The summed E-state index contributed by atoms with van der Waals surface area (Å²) in [7, 11) is 1.71. The van der Waals surface area contributed by atoms with Crippen LogP contribution in [0.1, 0.15) is 6.42 Å². The zero-order valence-corrected chi connectivity index (χ0v) is 10.9. The normalized spacial score (nSPS) is 10.2. The van der Waals surface area contributed by atoms with Gasteiger partial charge in [-0.05, 0) is 47.2 Å². The molecule has 0 atom stereocenters. The lowest BCUT2D eigenvalue weighted by Gasteiger charge is -2.07. The second-order valence-electron chi connectivity index (χ2n) is 2.90. The second-order valence-corrected chi connectivity index (χ2v) is 4.55. The highest BCUT2D eigenvalue weighted by atomic mass is 127. The average Bonchev–Trinajstić information content (AvgIpc) is 2.15. The lowest BCUT2D eigenvalue weighted by molar-refractivity contribution is 0.198. The Bertz CT molecular complexity index is 293. The molecular weight excluding hydrogens is 312 g/mol. The highest BCUT2D eigenvalue weighted by molar-refractivity contribution is 14.1. The van der Waals surface area contributed by atoms with Gasteiger partial charge in [-0.25, -0.2) is 0 Å². The summed E-state index contributed by atoms with van der Waals surface area (Å²) in [4.78, 5) is 0. The number of nitrogens with one attached hydrogen (secondary N) is 1. The summed E-state index contributed by atoms with van der Waals surface area (Å²) in [5, 5.41) is 4.03. The Balaban J connectivity index is 2.42. The van der Waals surface area contributed by atoms with Gasteiger partial charge in [0.05, 0.1) is 10.7 Å². The monoisotopic (exact) mass is 325 g/mol. The van der Waals surface area contributed by atoms with Gasteiger partial charge in [0, 0.05) is 23.8 Å². The van der Waals surface area contributed by atoms with Gasteiger partial charge in [-0.3, -0.25) is 0 Å². The molecule has 0 aromatic heterocycles. The van der Waals surface area contributed by atoms with Crippen molar-refractivity contribution >= 4 is 39.9 Å². The summed E-state index contributed by atoms with van der Waals surface area (Å²) in [5.41, 5.74) is 0.989. The first-order valence-corrected chi connectivity index (χ1v) is 5.87. The van der Waals surface area contributed by atoms with Crippen LogP contribution in [0.15, 0.2) is 18.2 Å². The van der Waals surface area contributed by atoms with E-state index in [9.17, 15) is 0 Å². The summed E-state index contributed by atoms with van der Waals surface area (Å²) >= 11 is 8.28. The van der Waals surface area contributed by atoms with Crippen LogP contribution in [-0.4, -0.2) is 20.3 Å². The van der Waals surface area contributed by atoms with Gasteiger partial charge in [-0.15, -0.1) is 0 Å². The van der Waals surface area contributed by atoms with E-state index in [2.05, 4.69) is 27.9 Å². The van der Waals surface area contributed by atoms with Crippen LogP contribution in [0.5, 0.6) is 0 Å². The molecule has 0 aliphatic carbocycles. The molecule has 1 aromatic carbocycles. The predicted octanol–water partition coefficient (Wildman–Crippen LogP) is 3.39. The van der Waals surface area contributed by atoms with E-state index in [1.54, 1.807) is 7.11 Å². The van der Waals surface area contributed by atoms with E-state index in [0.29, 0.717) is 0 Å². The number of halogens is 2. The van der Waals surface area contributed by atoms with Crippen LogP contribution in [0.25, 0.3) is 0 Å². The van der Waals surface area contributed by atoms with Gasteiger partial charge in [0.15, 0.2) is 0 Å². The van der Waals surface area contributed by atoms with E-state index in [1.807, 2.05) is 18.2 Å². The van der Waals surface area contributed by atoms with E-state index < -0.39 is 0 Å². The molecule has 0 saturated heterocycles. The van der Waals surface area contributed by atoms with E-state index in [-0.39, 0.29) is 0 Å². The largest absolute Gasteiger partial charge is 0.385 e. The molecule has 0 radical (unpaired) electrons. The van der Waals surface area contributed by atoms with Crippen molar-refractivity contribution in [1.29, 1.82) is 0 Å². The third kappa shape index (κ3) is 4.02. The molecule has 0 aliphatic rings. The molecule has 0 spiro atoms. The quantitative estimate of drug-likeness (QED) is 0.662. The van der Waals surface area contributed by atoms with Crippen molar-refractivity contribution in [2.45, 2.75) is 6.42 Å². The van der Waals surface area contributed by atoms with E-state index in [0.717, 1.165) is 33.9 Å². The first-order chi connectivity index (χ1) is 6.74. The molecule has 0 bridgehead atoms. The number of hydrogen-bond acceptors (Lipinski definition) is 2. The van der Waals surface area contributed by atoms with Crippen molar-refractivity contribution in [1.82, 2.24) is 0 Å². The molecular formula is C10H13ClINO. The molecule has 0 aliphatic heterocycles. The zero-order chi connectivity index (χ0) is 10.4. The van der Waals surface area contributed by atoms with Crippen molar-refractivity contribution in [2.75, 3.05) is 25.6 Å². The van der Waals surface area contributed by atoms with E-state index in [1.165, 1.54) is 0 Å². The van der Waals surface area contributed by atoms with Gasteiger partial charge in [0.2, 0.25) is 0 Å². The van der Waals surface area contributed by atoms with Gasteiger partial charge < -0.3 is 10.1 Å². The Morgan fingerprint density at radius 2 is 2.29 bits per heavy atom. The Morgan fingerprint density at radius 1 is 1.50 bits per heavy atom. The van der Waals surface area contributed by atoms with Gasteiger partial charge >= 0.3 is 0 Å². The molecule has 0 saturated carbocycles. The van der Waals surface area contributed by atoms with Gasteiger partial charge in [0.1, 0.15) is 0 Å². The fraction of sp³-hybridized carbons (Fsp3) is 0.400. The molecule has 2 nitrogen and oxygen atoms in total. The topological polar surface area (TPSA) is 21.3 Å². The Hall–Kier alpha value is -0.0000000000000000555. The van der Waals surface area contributed by atoms with Gasteiger partial charge in [-0.2, -0.15) is 0 Å². The molecule has 1 N–H and O–H groups in total. The molecule has 14 heavy (non-hydrogen) atoms. The molecule has 1 rings (SSSR count). The standard InChI is InChI=1S/C10H13ClINO/c1-14-6-2-5-13-10-4-3-8(12)7-9(10)11/h3-4,7,13H,2,5-6H2,1H3. The third-order valence-corrected chi connectivity index (χ3v) is 2.76. The second kappa shape index (κ2) is 6.48. The minimum Gasteiger partial charge on any atom is -0.385 e. The number of ether oxygens (including phenoxy) is 1. The smallest absolute Gasteiger partial charge is 0.0648 e. The van der Waals surface area contributed by atoms with Crippen LogP contribution in [0, 0.1) is 3.57 Å². The maximum atomic E-state index is 6.04. The van der Waals surface area contributed by atoms with E-state index >= 15 is 0 Å². The number of benzene rings is 1. The molecule has 78 valence electrons. The van der Waals surface area contributed by atoms with Crippen LogP contribution in [-0.2, 0) is 4.74 Å². The highest BCUT2D eigenvalue weighted by Crippen LogP contribution is 2.23. The molecule has 0 amide bonds. The number of hydrogen-bond donors (Lipinski definition) is 1. The lowest BCUT2D eigenvalue weighted by Crippen LogP contribution is -2.04. The Kier molecular flexibility index (Phi) is 5.59. The van der Waals surface area contributed by atoms with Crippen molar-refractivity contribution in [3.63, 3.8) is 0 Å². The number of rotatable bonds is 5. The summed E-state index contributed by atoms with van der Waals surface area (Å²) < 4.78 is 6.10. The summed E-state index contributed by atoms with van der Waals surface area (Å²) in [6, 6.07) is 5.97. The number of anilines is 1. The highest BCUT2D eigenvalue weighted by Gasteiger charge is 1.99. The molecule has 0 heterocycles. The molecule has 4 heteroatoms. The molecule has 0 fully saturated rings. The van der Waals surface area contributed by atoms with Crippen LogP contribution >= 0.6 is 34.2 Å². The minimum atomic E-state index is 0.773. The first kappa shape index (κ1) is 12.1. The van der Waals surface area contributed by atoms with Crippen LogP contribution in [0.2, 0.25) is 5.02 Å². The Morgan fingerprint density at radius 3 is 2.93 bits per heavy atom. The van der Waals surface area contributed by atoms with Crippen LogP contribution in [0.3, 0.4) is 0 Å². The first-order valence-electron chi connectivity index (χ1n) is 4.42. The minimum absolute atomic E-state index is 0.773. The fourth-order valence-electron chi connectivity index (χ4n) is 1.07. The lowest BCUT2D eigenvalue weighted by atomic mass is 10.3. The predicted molar refractivity (Wildman–Crippen MR) is 69.2 cm³/mol. The summed E-state index contributed by atoms with van der Waals surface area (Å²) in [5.74, 6) is 0. The summed E-state index contributed by atoms with van der Waals surface area (Å²) in [6.45, 7) is 1.66. The average molecular weight is 326 g/mol. The van der Waals surface area contributed by atoms with E-state index in [4.69, 9.17) is 16.3 Å². The Labute approximate surface area is 103 Å². The van der Waals surface area contributed by atoms with Crippen molar-refractivity contribution in [3.8, 4) is 0 Å². The van der Waals surface area contributed by atoms with Crippen molar-refractivity contribution in [3.05, 3.63) is 26.8 Å². The SMILES string of the molecule is COCCCNc1ccc(I)cc1Cl. The van der Waals surface area contributed by atoms with Crippen LogP contribution < -0.4 is 5.32 Å². The van der Waals surface area contributed by atoms with Crippen LogP contribution in [0.4, 0.5) is 5.69 Å². The molecule has 1 aromatic rings. The number of methoxy groups -OCH3 is 1. The van der Waals surface area contributed by atoms with Crippen molar-refractivity contribution < 1.29 is 4.74 Å². The maximum absolute atomic E-state index is 6.04. The third-order valence-electron chi connectivity index (χ3n) is 1.77. The zero-order valence-electron chi connectivity index (χ0n) is 8.02. The van der Waals surface area contributed by atoms with Gasteiger partial charge in [0.25, 0.3) is 0 Å². The summed E-state index contributed by atoms with van der Waals surface area (Å²) in [6.07, 6.45) is 0.985. The maximum Gasteiger partial charge on any atom is 0.0648 e. The van der Waals surface area contributed by atoms with Gasteiger partial charge in [-0.1, -0.05) is 11.6 Å². The van der Waals surface area contributed by atoms with Crippen molar-refractivity contribution in [2.24, 2.45) is 0 Å². The fourth-order valence-corrected chi connectivity index (χ4v) is 2.00. The molecule has 0 unspecified atom stereocenters.